The molecule has 1 N–H and O–H groups in total. The maximum atomic E-state index is 13.1. The van der Waals surface area contributed by atoms with Crippen molar-refractivity contribution in [3.05, 3.63) is 101 Å². The van der Waals surface area contributed by atoms with Crippen molar-refractivity contribution in [2.45, 2.75) is 19.1 Å². The van der Waals surface area contributed by atoms with Gasteiger partial charge < -0.3 is 10.1 Å². The summed E-state index contributed by atoms with van der Waals surface area (Å²) in [6.07, 6.45) is 0.988. The second kappa shape index (κ2) is 9.55. The second-order valence-electron chi connectivity index (χ2n) is 7.54. The first-order chi connectivity index (χ1) is 14.7. The molecular weight excluding hydrogens is 379 g/mol. The predicted octanol–water partition coefficient (Wildman–Crippen LogP) is 4.06. The topological polar surface area (TPSA) is 41.6 Å². The molecule has 1 amide bonds. The van der Waals surface area contributed by atoms with Crippen LogP contribution in [0.25, 0.3) is 0 Å². The average molecular weight is 404 g/mol. The van der Waals surface area contributed by atoms with E-state index in [9.17, 15) is 9.18 Å². The third-order valence-corrected chi connectivity index (χ3v) is 5.24. The Morgan fingerprint density at radius 3 is 2.50 bits per heavy atom. The minimum atomic E-state index is -0.349. The summed E-state index contributed by atoms with van der Waals surface area (Å²) in [5, 5.41) is 2.93. The van der Waals surface area contributed by atoms with Crippen LogP contribution in [0.3, 0.4) is 0 Å². The summed E-state index contributed by atoms with van der Waals surface area (Å²) in [5.41, 5.74) is 2.92. The fourth-order valence-corrected chi connectivity index (χ4v) is 3.75. The van der Waals surface area contributed by atoms with E-state index in [1.54, 1.807) is 0 Å². The summed E-state index contributed by atoms with van der Waals surface area (Å²) < 4.78 is 19.2. The molecule has 0 fully saturated rings. The van der Waals surface area contributed by atoms with Gasteiger partial charge in [-0.05, 0) is 41.5 Å². The lowest BCUT2D eigenvalue weighted by Gasteiger charge is -2.25. The highest BCUT2D eigenvalue weighted by Crippen LogP contribution is 2.28. The lowest BCUT2D eigenvalue weighted by molar-refractivity contribution is 0.0941. The third kappa shape index (κ3) is 5.24. The van der Waals surface area contributed by atoms with Crippen LogP contribution >= 0.6 is 0 Å². The van der Waals surface area contributed by atoms with Gasteiger partial charge in [0.2, 0.25) is 0 Å². The van der Waals surface area contributed by atoms with Crippen LogP contribution in [-0.2, 0) is 13.0 Å². The van der Waals surface area contributed by atoms with Crippen molar-refractivity contribution in [3.63, 3.8) is 0 Å². The van der Waals surface area contributed by atoms with Gasteiger partial charge in [-0.3, -0.25) is 9.69 Å². The molecule has 1 atom stereocenters. The van der Waals surface area contributed by atoms with Crippen LogP contribution in [-0.4, -0.2) is 36.5 Å². The molecule has 1 aliphatic rings. The van der Waals surface area contributed by atoms with E-state index in [0.29, 0.717) is 18.7 Å². The number of para-hydroxylation sites is 1. The highest BCUT2D eigenvalue weighted by atomic mass is 19.1. The molecule has 4 nitrogen and oxygen atoms in total. The highest BCUT2D eigenvalue weighted by molar-refractivity contribution is 5.94. The number of fused-ring (bicyclic) bond motifs is 1. The van der Waals surface area contributed by atoms with Gasteiger partial charge in [-0.15, -0.1) is 0 Å². The number of carbonyl (C=O) groups excluding carboxylic acids is 1. The van der Waals surface area contributed by atoms with E-state index < -0.39 is 0 Å². The maximum Gasteiger partial charge on any atom is 0.251 e. The SMILES string of the molecule is O=C(NCCN(Cc1ccccc1)CC1Cc2ccccc2O1)c1ccc(F)cc1. The molecule has 0 radical (unpaired) electrons. The standard InChI is InChI=1S/C25H25FN2O2/c26-22-12-10-20(11-13-22)25(29)27-14-15-28(17-19-6-2-1-3-7-19)18-23-16-21-8-4-5-9-24(21)30-23/h1-13,23H,14-18H2,(H,27,29). The molecule has 3 aromatic carbocycles. The molecule has 0 aliphatic carbocycles. The van der Waals surface area contributed by atoms with Crippen LogP contribution in [0.5, 0.6) is 5.75 Å². The first kappa shape index (κ1) is 20.1. The zero-order valence-corrected chi connectivity index (χ0v) is 16.8. The molecule has 4 rings (SSSR count). The zero-order valence-electron chi connectivity index (χ0n) is 16.8. The van der Waals surface area contributed by atoms with Crippen LogP contribution in [0, 0.1) is 5.82 Å². The average Bonchev–Trinajstić information content (AvgIpc) is 3.17. The largest absolute Gasteiger partial charge is 0.488 e. The van der Waals surface area contributed by atoms with Crippen molar-refractivity contribution < 1.29 is 13.9 Å². The highest BCUT2D eigenvalue weighted by Gasteiger charge is 2.24. The van der Waals surface area contributed by atoms with Gasteiger partial charge in [0.25, 0.3) is 5.91 Å². The number of amides is 1. The minimum Gasteiger partial charge on any atom is -0.488 e. The van der Waals surface area contributed by atoms with Gasteiger partial charge >= 0.3 is 0 Å². The second-order valence-corrected chi connectivity index (χ2v) is 7.54. The summed E-state index contributed by atoms with van der Waals surface area (Å²) in [4.78, 5) is 14.6. The molecule has 3 aromatic rings. The first-order valence-electron chi connectivity index (χ1n) is 10.2. The summed E-state index contributed by atoms with van der Waals surface area (Å²) in [6.45, 7) is 2.75. The predicted molar refractivity (Wildman–Crippen MR) is 115 cm³/mol. The molecule has 0 saturated carbocycles. The molecule has 1 unspecified atom stereocenters. The molecule has 1 aliphatic heterocycles. The van der Waals surface area contributed by atoms with Gasteiger partial charge in [-0.25, -0.2) is 4.39 Å². The van der Waals surface area contributed by atoms with Gasteiger partial charge in [0, 0.05) is 38.2 Å². The van der Waals surface area contributed by atoms with Crippen molar-refractivity contribution in [3.8, 4) is 5.75 Å². The molecule has 30 heavy (non-hydrogen) atoms. The third-order valence-electron chi connectivity index (χ3n) is 5.24. The van der Waals surface area contributed by atoms with Gasteiger partial charge in [0.05, 0.1) is 0 Å². The van der Waals surface area contributed by atoms with Crippen LogP contribution < -0.4 is 10.1 Å². The van der Waals surface area contributed by atoms with Crippen LogP contribution in [0.2, 0.25) is 0 Å². The fourth-order valence-electron chi connectivity index (χ4n) is 3.75. The first-order valence-corrected chi connectivity index (χ1v) is 10.2. The van der Waals surface area contributed by atoms with E-state index in [2.05, 4.69) is 28.4 Å². The number of hydrogen-bond donors (Lipinski definition) is 1. The Kier molecular flexibility index (Phi) is 6.40. The number of rotatable bonds is 8. The fraction of sp³-hybridized carbons (Fsp3) is 0.240. The molecular formula is C25H25FN2O2. The van der Waals surface area contributed by atoms with E-state index in [-0.39, 0.29) is 17.8 Å². The van der Waals surface area contributed by atoms with Crippen molar-refractivity contribution in [1.29, 1.82) is 0 Å². The van der Waals surface area contributed by atoms with E-state index in [1.807, 2.05) is 36.4 Å². The van der Waals surface area contributed by atoms with Gasteiger partial charge in [-0.2, -0.15) is 0 Å². The number of nitrogens with one attached hydrogen (secondary N) is 1. The Balaban J connectivity index is 1.35. The molecule has 0 saturated heterocycles. The Labute approximate surface area is 176 Å². The summed E-state index contributed by atoms with van der Waals surface area (Å²) in [6, 6.07) is 24.0. The van der Waals surface area contributed by atoms with E-state index in [1.165, 1.54) is 35.4 Å². The smallest absolute Gasteiger partial charge is 0.251 e. The minimum absolute atomic E-state index is 0.0962. The number of ether oxygens (including phenoxy) is 1. The molecule has 154 valence electrons. The number of halogens is 1. The molecule has 0 aromatic heterocycles. The van der Waals surface area contributed by atoms with Crippen molar-refractivity contribution >= 4 is 5.91 Å². The number of hydrogen-bond acceptors (Lipinski definition) is 3. The Morgan fingerprint density at radius 2 is 1.73 bits per heavy atom. The molecule has 5 heteroatoms. The summed E-state index contributed by atoms with van der Waals surface area (Å²) in [7, 11) is 0. The lowest BCUT2D eigenvalue weighted by Crippen LogP contribution is -2.39. The maximum absolute atomic E-state index is 13.1. The van der Waals surface area contributed by atoms with Crippen molar-refractivity contribution in [2.24, 2.45) is 0 Å². The quantitative estimate of drug-likeness (QED) is 0.616. The monoisotopic (exact) mass is 404 g/mol. The molecule has 0 bridgehead atoms. The Bertz CT molecular complexity index is 951. The summed E-state index contributed by atoms with van der Waals surface area (Å²) >= 11 is 0. The van der Waals surface area contributed by atoms with Gasteiger partial charge in [0.1, 0.15) is 17.7 Å². The van der Waals surface area contributed by atoms with Crippen LogP contribution in [0.1, 0.15) is 21.5 Å². The number of nitrogens with zero attached hydrogens (tertiary/aromatic N) is 1. The van der Waals surface area contributed by atoms with E-state index >= 15 is 0 Å². The number of benzene rings is 3. The van der Waals surface area contributed by atoms with E-state index in [4.69, 9.17) is 4.74 Å². The van der Waals surface area contributed by atoms with Gasteiger partial charge in [0.15, 0.2) is 0 Å². The van der Waals surface area contributed by atoms with E-state index in [0.717, 1.165) is 25.3 Å². The Morgan fingerprint density at radius 1 is 1.00 bits per heavy atom. The molecule has 1 heterocycles. The van der Waals surface area contributed by atoms with Crippen molar-refractivity contribution in [1.82, 2.24) is 10.2 Å². The summed E-state index contributed by atoms with van der Waals surface area (Å²) in [5.74, 6) is 0.420. The van der Waals surface area contributed by atoms with Crippen molar-refractivity contribution in [2.75, 3.05) is 19.6 Å². The zero-order chi connectivity index (χ0) is 20.8. The molecule has 0 spiro atoms. The Hall–Kier alpha value is -3.18. The van der Waals surface area contributed by atoms with Crippen LogP contribution in [0.15, 0.2) is 78.9 Å². The van der Waals surface area contributed by atoms with Crippen LogP contribution in [0.4, 0.5) is 4.39 Å². The number of carbonyl (C=O) groups is 1. The normalized spacial score (nSPS) is 14.9. The van der Waals surface area contributed by atoms with Gasteiger partial charge in [-0.1, -0.05) is 48.5 Å². The lowest BCUT2D eigenvalue weighted by atomic mass is 10.1.